The molecule has 0 amide bonds. The van der Waals surface area contributed by atoms with E-state index in [0.717, 1.165) is 24.4 Å². The summed E-state index contributed by atoms with van der Waals surface area (Å²) >= 11 is 0. The number of anilines is 1. The van der Waals surface area contributed by atoms with Crippen LogP contribution >= 0.6 is 0 Å². The molecule has 2 heterocycles. The van der Waals surface area contributed by atoms with Crippen LogP contribution in [0.1, 0.15) is 26.0 Å². The summed E-state index contributed by atoms with van der Waals surface area (Å²) in [4.78, 5) is 10.5. The lowest BCUT2D eigenvalue weighted by molar-refractivity contribution is 0.00804. The van der Waals surface area contributed by atoms with E-state index in [9.17, 15) is 5.11 Å². The van der Waals surface area contributed by atoms with Crippen molar-refractivity contribution in [3.63, 3.8) is 0 Å². The Morgan fingerprint density at radius 2 is 2.13 bits per heavy atom. The van der Waals surface area contributed by atoms with Crippen molar-refractivity contribution in [2.75, 3.05) is 18.0 Å². The molecule has 4 heteroatoms. The first-order chi connectivity index (χ1) is 7.17. The monoisotopic (exact) mass is 207 g/mol. The molecule has 2 rings (SSSR count). The summed E-state index contributed by atoms with van der Waals surface area (Å²) in [7, 11) is 0. The Bertz CT molecular complexity index is 347. The summed E-state index contributed by atoms with van der Waals surface area (Å²) < 4.78 is 0. The van der Waals surface area contributed by atoms with Crippen molar-refractivity contribution >= 4 is 5.82 Å². The molecule has 0 atom stereocenters. The fraction of sp³-hybridized carbons (Fsp3) is 0.636. The lowest BCUT2D eigenvalue weighted by Crippen LogP contribution is -2.61. The van der Waals surface area contributed by atoms with Crippen LogP contribution in [-0.4, -0.2) is 33.8 Å². The second-order valence-electron chi connectivity index (χ2n) is 4.16. The summed E-state index contributed by atoms with van der Waals surface area (Å²) in [6, 6.07) is 2.00. The number of nitrogens with zero attached hydrogens (tertiary/aromatic N) is 3. The molecule has 15 heavy (non-hydrogen) atoms. The molecule has 0 aromatic carbocycles. The van der Waals surface area contributed by atoms with Gasteiger partial charge in [-0.25, -0.2) is 9.97 Å². The van der Waals surface area contributed by atoms with Crippen molar-refractivity contribution in [3.05, 3.63) is 18.1 Å². The van der Waals surface area contributed by atoms with Crippen LogP contribution in [0.25, 0.3) is 0 Å². The summed E-state index contributed by atoms with van der Waals surface area (Å²) in [6.45, 7) is 5.45. The Hall–Kier alpha value is -1.16. The number of aryl methyl sites for hydroxylation is 1. The van der Waals surface area contributed by atoms with Gasteiger partial charge in [0.1, 0.15) is 12.1 Å². The van der Waals surface area contributed by atoms with Crippen LogP contribution in [0.4, 0.5) is 5.82 Å². The van der Waals surface area contributed by atoms with Crippen LogP contribution in [0.5, 0.6) is 0 Å². The summed E-state index contributed by atoms with van der Waals surface area (Å²) in [5, 5.41) is 9.89. The molecule has 82 valence electrons. The van der Waals surface area contributed by atoms with E-state index in [2.05, 4.69) is 21.8 Å². The van der Waals surface area contributed by atoms with E-state index in [-0.39, 0.29) is 0 Å². The van der Waals surface area contributed by atoms with Crippen LogP contribution in [0.2, 0.25) is 0 Å². The fourth-order valence-corrected chi connectivity index (χ4v) is 1.80. The van der Waals surface area contributed by atoms with E-state index >= 15 is 0 Å². The molecule has 1 aliphatic heterocycles. The maximum Gasteiger partial charge on any atom is 0.132 e. The average Bonchev–Trinajstić information content (AvgIpc) is 2.25. The van der Waals surface area contributed by atoms with E-state index in [4.69, 9.17) is 0 Å². The molecule has 0 saturated carbocycles. The third-order valence-corrected chi connectivity index (χ3v) is 3.02. The van der Waals surface area contributed by atoms with Gasteiger partial charge >= 0.3 is 0 Å². The van der Waals surface area contributed by atoms with Gasteiger partial charge in [0.25, 0.3) is 0 Å². The maximum atomic E-state index is 9.89. The van der Waals surface area contributed by atoms with Crippen molar-refractivity contribution in [2.45, 2.75) is 32.3 Å². The van der Waals surface area contributed by atoms with Crippen molar-refractivity contribution in [2.24, 2.45) is 0 Å². The molecule has 0 radical (unpaired) electrons. The zero-order valence-electron chi connectivity index (χ0n) is 9.27. The third-order valence-electron chi connectivity index (χ3n) is 3.02. The topological polar surface area (TPSA) is 49.2 Å². The van der Waals surface area contributed by atoms with Gasteiger partial charge in [-0.2, -0.15) is 0 Å². The Balaban J connectivity index is 2.06. The standard InChI is InChI=1S/C11H17N3O/c1-3-9-5-10(13-8-12-9)14-6-11(15,4-2)7-14/h5,8,15H,3-4,6-7H2,1-2H3. The molecule has 1 N–H and O–H groups in total. The molecule has 1 aromatic heterocycles. The average molecular weight is 207 g/mol. The van der Waals surface area contributed by atoms with Crippen molar-refractivity contribution in [3.8, 4) is 0 Å². The highest BCUT2D eigenvalue weighted by Crippen LogP contribution is 2.28. The van der Waals surface area contributed by atoms with E-state index in [1.165, 1.54) is 0 Å². The third kappa shape index (κ3) is 1.95. The highest BCUT2D eigenvalue weighted by atomic mass is 16.3. The Labute approximate surface area is 90.0 Å². The van der Waals surface area contributed by atoms with Crippen molar-refractivity contribution in [1.82, 2.24) is 9.97 Å². The van der Waals surface area contributed by atoms with Gasteiger partial charge in [0.2, 0.25) is 0 Å². The predicted molar refractivity (Wildman–Crippen MR) is 58.9 cm³/mol. The molecule has 1 fully saturated rings. The number of β-amino-alcohol motifs (C(OH)–C–C–N with tert-alkyl or cyclic N) is 1. The lowest BCUT2D eigenvalue weighted by atomic mass is 9.91. The highest BCUT2D eigenvalue weighted by molar-refractivity contribution is 5.44. The number of aliphatic hydroxyl groups is 1. The minimum atomic E-state index is -0.503. The van der Waals surface area contributed by atoms with Crippen LogP contribution < -0.4 is 4.90 Å². The number of hydrogen-bond acceptors (Lipinski definition) is 4. The quantitative estimate of drug-likeness (QED) is 0.803. The smallest absolute Gasteiger partial charge is 0.132 e. The predicted octanol–water partition coefficient (Wildman–Crippen LogP) is 1.00. The number of rotatable bonds is 3. The normalized spacial score (nSPS) is 18.7. The molecule has 4 nitrogen and oxygen atoms in total. The van der Waals surface area contributed by atoms with Crippen LogP contribution in [0, 0.1) is 0 Å². The first-order valence-electron chi connectivity index (χ1n) is 5.45. The maximum absolute atomic E-state index is 9.89. The Morgan fingerprint density at radius 3 is 2.73 bits per heavy atom. The molecule has 1 aliphatic rings. The number of aromatic nitrogens is 2. The van der Waals surface area contributed by atoms with Crippen LogP contribution in [0.3, 0.4) is 0 Å². The summed E-state index contributed by atoms with van der Waals surface area (Å²) in [6.07, 6.45) is 3.31. The first kappa shape index (κ1) is 10.4. The molecular formula is C11H17N3O. The summed E-state index contributed by atoms with van der Waals surface area (Å²) in [5.74, 6) is 0.931. The van der Waals surface area contributed by atoms with Crippen LogP contribution in [-0.2, 0) is 6.42 Å². The van der Waals surface area contributed by atoms with Crippen molar-refractivity contribution < 1.29 is 5.11 Å². The highest BCUT2D eigenvalue weighted by Gasteiger charge is 2.40. The van der Waals surface area contributed by atoms with E-state index < -0.39 is 5.60 Å². The zero-order valence-corrected chi connectivity index (χ0v) is 9.27. The molecule has 1 saturated heterocycles. The first-order valence-corrected chi connectivity index (χ1v) is 5.45. The van der Waals surface area contributed by atoms with Gasteiger partial charge in [-0.1, -0.05) is 13.8 Å². The largest absolute Gasteiger partial charge is 0.386 e. The van der Waals surface area contributed by atoms with Gasteiger partial charge in [0, 0.05) is 24.8 Å². The van der Waals surface area contributed by atoms with Gasteiger partial charge in [-0.3, -0.25) is 0 Å². The van der Waals surface area contributed by atoms with Gasteiger partial charge in [-0.15, -0.1) is 0 Å². The van der Waals surface area contributed by atoms with E-state index in [1.807, 2.05) is 13.0 Å². The summed E-state index contributed by atoms with van der Waals surface area (Å²) in [5.41, 5.74) is 0.545. The van der Waals surface area contributed by atoms with Gasteiger partial charge < -0.3 is 10.0 Å². The second-order valence-corrected chi connectivity index (χ2v) is 4.16. The van der Waals surface area contributed by atoms with Gasteiger partial charge in [-0.05, 0) is 12.8 Å². The molecule has 0 unspecified atom stereocenters. The van der Waals surface area contributed by atoms with Crippen molar-refractivity contribution in [1.29, 1.82) is 0 Å². The molecule has 1 aromatic rings. The molecule has 0 bridgehead atoms. The minimum Gasteiger partial charge on any atom is -0.386 e. The minimum absolute atomic E-state index is 0.503. The van der Waals surface area contributed by atoms with Crippen LogP contribution in [0.15, 0.2) is 12.4 Å². The molecule has 0 spiro atoms. The second kappa shape index (κ2) is 3.77. The Kier molecular flexibility index (Phi) is 2.61. The Morgan fingerprint density at radius 1 is 1.40 bits per heavy atom. The van der Waals surface area contributed by atoms with Gasteiger partial charge in [0.15, 0.2) is 0 Å². The van der Waals surface area contributed by atoms with Gasteiger partial charge in [0.05, 0.1) is 5.60 Å². The molecular weight excluding hydrogens is 190 g/mol. The number of hydrogen-bond donors (Lipinski definition) is 1. The molecule has 0 aliphatic carbocycles. The van der Waals surface area contributed by atoms with E-state index in [0.29, 0.717) is 13.1 Å². The SMILES string of the molecule is CCc1cc(N2CC(O)(CC)C2)ncn1. The van der Waals surface area contributed by atoms with E-state index in [1.54, 1.807) is 6.33 Å². The lowest BCUT2D eigenvalue weighted by Gasteiger charge is -2.46. The fourth-order valence-electron chi connectivity index (χ4n) is 1.80. The zero-order chi connectivity index (χ0) is 10.9.